The fourth-order valence-corrected chi connectivity index (χ4v) is 2.25. The van der Waals surface area contributed by atoms with Crippen LogP contribution in [0.4, 0.5) is 0 Å². The molecule has 5 nitrogen and oxygen atoms in total. The lowest BCUT2D eigenvalue weighted by molar-refractivity contribution is 0.0981. The Kier molecular flexibility index (Phi) is 4.42. The number of aromatic nitrogens is 1. The third kappa shape index (κ3) is 3.98. The van der Waals surface area contributed by atoms with Crippen LogP contribution in [0.5, 0.6) is 0 Å². The van der Waals surface area contributed by atoms with Gasteiger partial charge in [-0.1, -0.05) is 13.3 Å². The Labute approximate surface area is 94.9 Å². The van der Waals surface area contributed by atoms with Crippen LogP contribution in [0.15, 0.2) is 24.5 Å². The summed E-state index contributed by atoms with van der Waals surface area (Å²) in [4.78, 5) is 15.2. The highest BCUT2D eigenvalue weighted by Crippen LogP contribution is 1.99. The smallest absolute Gasteiger partial charge is 0.266 e. The van der Waals surface area contributed by atoms with E-state index in [1.54, 1.807) is 6.07 Å². The predicted molar refractivity (Wildman–Crippen MR) is 60.4 cm³/mol. The van der Waals surface area contributed by atoms with Crippen LogP contribution in [-0.4, -0.2) is 25.1 Å². The molecule has 1 N–H and O–H groups in total. The van der Waals surface area contributed by atoms with Crippen LogP contribution in [0, 0.1) is 0 Å². The molecule has 0 unspecified atom stereocenters. The molecule has 0 atom stereocenters. The zero-order valence-corrected chi connectivity index (χ0v) is 9.83. The van der Waals surface area contributed by atoms with Gasteiger partial charge < -0.3 is 0 Å². The Bertz CT molecular complexity index is 442. The lowest BCUT2D eigenvalue weighted by Crippen LogP contribution is -2.32. The molecule has 1 amide bonds. The van der Waals surface area contributed by atoms with Crippen LogP contribution in [0.2, 0.25) is 0 Å². The van der Waals surface area contributed by atoms with Gasteiger partial charge in [0.15, 0.2) is 0 Å². The summed E-state index contributed by atoms with van der Waals surface area (Å²) in [6.07, 6.45) is 4.14. The first-order valence-corrected chi connectivity index (χ1v) is 6.65. The maximum Gasteiger partial charge on any atom is 0.266 e. The van der Waals surface area contributed by atoms with E-state index in [0.717, 1.165) is 6.42 Å². The van der Waals surface area contributed by atoms with E-state index in [2.05, 4.69) is 4.98 Å². The number of pyridine rings is 1. The molecule has 1 aromatic rings. The highest BCUT2D eigenvalue weighted by molar-refractivity contribution is 7.90. The maximum atomic E-state index is 11.5. The zero-order valence-electron chi connectivity index (χ0n) is 9.01. The molecular weight excluding hydrogens is 228 g/mol. The zero-order chi connectivity index (χ0) is 12.0. The van der Waals surface area contributed by atoms with Crippen molar-refractivity contribution in [1.29, 1.82) is 0 Å². The van der Waals surface area contributed by atoms with Crippen molar-refractivity contribution in [3.05, 3.63) is 30.1 Å². The second kappa shape index (κ2) is 5.60. The quantitative estimate of drug-likeness (QED) is 0.833. The van der Waals surface area contributed by atoms with Gasteiger partial charge in [0.2, 0.25) is 10.0 Å². The number of amides is 1. The third-order valence-corrected chi connectivity index (χ3v) is 3.26. The van der Waals surface area contributed by atoms with Crippen molar-refractivity contribution in [2.24, 2.45) is 0 Å². The molecule has 0 saturated heterocycles. The van der Waals surface area contributed by atoms with Crippen LogP contribution < -0.4 is 4.72 Å². The van der Waals surface area contributed by atoms with Crippen molar-refractivity contribution < 1.29 is 13.2 Å². The Morgan fingerprint density at radius 2 is 2.25 bits per heavy atom. The average molecular weight is 242 g/mol. The molecule has 1 heterocycles. The van der Waals surface area contributed by atoms with Crippen molar-refractivity contribution in [3.63, 3.8) is 0 Å². The van der Waals surface area contributed by atoms with Gasteiger partial charge in [-0.3, -0.25) is 9.78 Å². The standard InChI is InChI=1S/C10H14N2O3S/c1-2-3-7-16(14,15)12-10(13)9-5-4-6-11-8-9/h4-6,8H,2-3,7H2,1H3,(H,12,13). The Morgan fingerprint density at radius 3 is 2.81 bits per heavy atom. The van der Waals surface area contributed by atoms with Crippen molar-refractivity contribution in [2.75, 3.05) is 5.75 Å². The molecule has 1 rings (SSSR count). The lowest BCUT2D eigenvalue weighted by Gasteiger charge is -2.05. The normalized spacial score (nSPS) is 11.1. The van der Waals surface area contributed by atoms with E-state index in [1.165, 1.54) is 18.5 Å². The van der Waals surface area contributed by atoms with Crippen molar-refractivity contribution >= 4 is 15.9 Å². The molecule has 0 radical (unpaired) electrons. The lowest BCUT2D eigenvalue weighted by atomic mass is 10.3. The summed E-state index contributed by atoms with van der Waals surface area (Å²) in [5, 5.41) is 0. The second-order valence-corrected chi connectivity index (χ2v) is 5.19. The van der Waals surface area contributed by atoms with Crippen LogP contribution in [0.3, 0.4) is 0 Å². The molecule has 0 aliphatic heterocycles. The number of carbonyl (C=O) groups is 1. The van der Waals surface area contributed by atoms with E-state index in [4.69, 9.17) is 0 Å². The minimum Gasteiger partial charge on any atom is -0.268 e. The van der Waals surface area contributed by atoms with Gasteiger partial charge in [-0.15, -0.1) is 0 Å². The molecule has 0 aromatic carbocycles. The molecule has 6 heteroatoms. The third-order valence-electron chi connectivity index (χ3n) is 1.94. The van der Waals surface area contributed by atoms with E-state index in [1.807, 2.05) is 11.6 Å². The fraction of sp³-hybridized carbons (Fsp3) is 0.400. The average Bonchev–Trinajstić information content (AvgIpc) is 2.27. The number of carbonyl (C=O) groups excluding carboxylic acids is 1. The summed E-state index contributed by atoms with van der Waals surface area (Å²) >= 11 is 0. The van der Waals surface area contributed by atoms with E-state index >= 15 is 0 Å². The van der Waals surface area contributed by atoms with Crippen LogP contribution in [0.25, 0.3) is 0 Å². The summed E-state index contributed by atoms with van der Waals surface area (Å²) in [5.74, 6) is -0.667. The molecule has 0 spiro atoms. The van der Waals surface area contributed by atoms with E-state index in [-0.39, 0.29) is 11.3 Å². The molecule has 0 fully saturated rings. The monoisotopic (exact) mass is 242 g/mol. The van der Waals surface area contributed by atoms with Gasteiger partial charge in [-0.05, 0) is 18.6 Å². The van der Waals surface area contributed by atoms with Gasteiger partial charge in [0, 0.05) is 12.4 Å². The van der Waals surface area contributed by atoms with Crippen LogP contribution in [-0.2, 0) is 10.0 Å². The molecule has 1 aromatic heterocycles. The van der Waals surface area contributed by atoms with E-state index in [0.29, 0.717) is 6.42 Å². The first-order chi connectivity index (χ1) is 7.55. The van der Waals surface area contributed by atoms with Gasteiger partial charge in [0.1, 0.15) is 0 Å². The fourth-order valence-electron chi connectivity index (χ4n) is 1.08. The molecule has 0 aliphatic carbocycles. The summed E-state index contributed by atoms with van der Waals surface area (Å²) in [6, 6.07) is 3.09. The predicted octanol–water partition coefficient (Wildman–Crippen LogP) is 0.941. The summed E-state index contributed by atoms with van der Waals surface area (Å²) in [7, 11) is -3.52. The van der Waals surface area contributed by atoms with Crippen molar-refractivity contribution in [3.8, 4) is 0 Å². The summed E-state index contributed by atoms with van der Waals surface area (Å²) < 4.78 is 24.8. The SMILES string of the molecule is CCCCS(=O)(=O)NC(=O)c1cccnc1. The second-order valence-electron chi connectivity index (χ2n) is 3.35. The summed E-state index contributed by atoms with van der Waals surface area (Å²) in [5.41, 5.74) is 0.238. The Balaban J connectivity index is 2.65. The summed E-state index contributed by atoms with van der Waals surface area (Å²) in [6.45, 7) is 1.89. The number of rotatable bonds is 5. The topological polar surface area (TPSA) is 76.1 Å². The molecule has 0 saturated carbocycles. The van der Waals surface area contributed by atoms with Crippen LogP contribution in [0.1, 0.15) is 30.1 Å². The number of hydrogen-bond donors (Lipinski definition) is 1. The van der Waals surface area contributed by atoms with Gasteiger partial charge in [-0.2, -0.15) is 0 Å². The number of sulfonamides is 1. The first-order valence-electron chi connectivity index (χ1n) is 5.00. The maximum absolute atomic E-state index is 11.5. The number of nitrogens with zero attached hydrogens (tertiary/aromatic N) is 1. The largest absolute Gasteiger partial charge is 0.268 e. The molecule has 0 bridgehead atoms. The number of hydrogen-bond acceptors (Lipinski definition) is 4. The minimum absolute atomic E-state index is 0.0322. The van der Waals surface area contributed by atoms with Crippen LogP contribution >= 0.6 is 0 Å². The molecule has 88 valence electrons. The number of unbranched alkanes of at least 4 members (excludes halogenated alkanes) is 1. The first kappa shape index (κ1) is 12.6. The van der Waals surface area contributed by atoms with Crippen molar-refractivity contribution in [2.45, 2.75) is 19.8 Å². The molecular formula is C10H14N2O3S. The van der Waals surface area contributed by atoms with E-state index in [9.17, 15) is 13.2 Å². The molecule has 0 aliphatic rings. The number of nitrogens with one attached hydrogen (secondary N) is 1. The van der Waals surface area contributed by atoms with E-state index < -0.39 is 15.9 Å². The van der Waals surface area contributed by atoms with Gasteiger partial charge >= 0.3 is 0 Å². The highest BCUT2D eigenvalue weighted by Gasteiger charge is 2.15. The van der Waals surface area contributed by atoms with Gasteiger partial charge in [0.05, 0.1) is 11.3 Å². The van der Waals surface area contributed by atoms with Gasteiger partial charge in [-0.25, -0.2) is 13.1 Å². The Morgan fingerprint density at radius 1 is 1.50 bits per heavy atom. The minimum atomic E-state index is -3.52. The Hall–Kier alpha value is -1.43. The van der Waals surface area contributed by atoms with Crippen molar-refractivity contribution in [1.82, 2.24) is 9.71 Å². The van der Waals surface area contributed by atoms with Gasteiger partial charge in [0.25, 0.3) is 5.91 Å². The molecule has 16 heavy (non-hydrogen) atoms. The highest BCUT2D eigenvalue weighted by atomic mass is 32.2.